The molecule has 0 aliphatic heterocycles. The van der Waals surface area contributed by atoms with Gasteiger partial charge in [0.15, 0.2) is 0 Å². The zero-order valence-corrected chi connectivity index (χ0v) is 16.5. The molecule has 2 aromatic rings. The third-order valence-electron chi connectivity index (χ3n) is 3.75. The zero-order chi connectivity index (χ0) is 18.6. The summed E-state index contributed by atoms with van der Waals surface area (Å²) in [4.78, 5) is 12.1. The first-order valence-corrected chi connectivity index (χ1v) is 8.94. The molecule has 0 saturated carbocycles. The van der Waals surface area contributed by atoms with Crippen molar-refractivity contribution in [1.29, 1.82) is 0 Å². The number of aromatic nitrogens is 4. The van der Waals surface area contributed by atoms with Crippen LogP contribution in [-0.4, -0.2) is 39.7 Å². The quantitative estimate of drug-likeness (QED) is 0.819. The standard InChI is InChI=1S/C16H26N6O2S/c1-10-12(11(2)22(21-10)7-8-24-6)9-17-14(23)18-15-20-19-13(25-15)16(3,4)5/h7-9H2,1-6H3,(H2,17,18,20,23). The number of anilines is 1. The van der Waals surface area contributed by atoms with Crippen molar-refractivity contribution < 1.29 is 9.53 Å². The molecule has 2 heterocycles. The van der Waals surface area contributed by atoms with Crippen LogP contribution < -0.4 is 10.6 Å². The monoisotopic (exact) mass is 366 g/mol. The molecule has 0 fully saturated rings. The van der Waals surface area contributed by atoms with E-state index in [1.807, 2.05) is 18.5 Å². The number of urea groups is 1. The second-order valence-corrected chi connectivity index (χ2v) is 7.81. The van der Waals surface area contributed by atoms with Crippen molar-refractivity contribution in [3.8, 4) is 0 Å². The number of aryl methyl sites for hydroxylation is 1. The lowest BCUT2D eigenvalue weighted by Crippen LogP contribution is -2.28. The summed E-state index contributed by atoms with van der Waals surface area (Å²) in [5.74, 6) is 0. The molecule has 2 amide bonds. The summed E-state index contributed by atoms with van der Waals surface area (Å²) >= 11 is 1.38. The lowest BCUT2D eigenvalue weighted by molar-refractivity contribution is 0.182. The summed E-state index contributed by atoms with van der Waals surface area (Å²) in [6.45, 7) is 11.8. The fourth-order valence-electron chi connectivity index (χ4n) is 2.27. The number of carbonyl (C=O) groups is 1. The molecule has 2 rings (SSSR count). The number of carbonyl (C=O) groups excluding carboxylic acids is 1. The van der Waals surface area contributed by atoms with Crippen LogP contribution in [0.3, 0.4) is 0 Å². The van der Waals surface area contributed by atoms with Gasteiger partial charge in [0.05, 0.1) is 18.8 Å². The molecule has 2 N–H and O–H groups in total. The lowest BCUT2D eigenvalue weighted by atomic mass is 9.98. The Bertz CT molecular complexity index is 732. The van der Waals surface area contributed by atoms with E-state index in [1.165, 1.54) is 11.3 Å². The van der Waals surface area contributed by atoms with Gasteiger partial charge in [-0.1, -0.05) is 32.1 Å². The minimum atomic E-state index is -0.306. The van der Waals surface area contributed by atoms with E-state index in [-0.39, 0.29) is 11.4 Å². The van der Waals surface area contributed by atoms with Crippen molar-refractivity contribution in [2.45, 2.75) is 53.1 Å². The van der Waals surface area contributed by atoms with Gasteiger partial charge in [0, 0.05) is 30.3 Å². The molecule has 0 spiro atoms. The highest BCUT2D eigenvalue weighted by Gasteiger charge is 2.20. The van der Waals surface area contributed by atoms with Crippen molar-refractivity contribution in [3.05, 3.63) is 22.0 Å². The Hall–Kier alpha value is -2.00. The minimum Gasteiger partial charge on any atom is -0.383 e. The summed E-state index contributed by atoms with van der Waals surface area (Å²) in [5, 5.41) is 19.6. The number of nitrogens with zero attached hydrogens (tertiary/aromatic N) is 4. The van der Waals surface area contributed by atoms with Gasteiger partial charge in [-0.15, -0.1) is 10.2 Å². The van der Waals surface area contributed by atoms with Gasteiger partial charge in [0.1, 0.15) is 5.01 Å². The first-order chi connectivity index (χ1) is 11.7. The molecule has 0 aromatic carbocycles. The Kier molecular flexibility index (Phi) is 6.12. The maximum Gasteiger partial charge on any atom is 0.321 e. The van der Waals surface area contributed by atoms with Crippen LogP contribution in [0.4, 0.5) is 9.93 Å². The molecule has 25 heavy (non-hydrogen) atoms. The van der Waals surface area contributed by atoms with Gasteiger partial charge < -0.3 is 10.1 Å². The van der Waals surface area contributed by atoms with Crippen LogP contribution in [0.2, 0.25) is 0 Å². The molecule has 138 valence electrons. The number of hydrogen-bond donors (Lipinski definition) is 2. The van der Waals surface area contributed by atoms with Gasteiger partial charge in [0.25, 0.3) is 0 Å². The third-order valence-corrected chi connectivity index (χ3v) is 5.02. The van der Waals surface area contributed by atoms with Crippen molar-refractivity contribution in [3.63, 3.8) is 0 Å². The number of amides is 2. The average molecular weight is 366 g/mol. The Morgan fingerprint density at radius 2 is 2.00 bits per heavy atom. The van der Waals surface area contributed by atoms with Gasteiger partial charge in [-0.2, -0.15) is 5.10 Å². The van der Waals surface area contributed by atoms with E-state index >= 15 is 0 Å². The maximum absolute atomic E-state index is 12.1. The highest BCUT2D eigenvalue weighted by molar-refractivity contribution is 7.15. The molecule has 0 unspecified atom stereocenters. The highest BCUT2D eigenvalue weighted by Crippen LogP contribution is 2.27. The second kappa shape index (κ2) is 7.92. The van der Waals surface area contributed by atoms with Crippen LogP contribution >= 0.6 is 11.3 Å². The first kappa shape index (κ1) is 19.3. The Balaban J connectivity index is 1.94. The van der Waals surface area contributed by atoms with Gasteiger partial charge in [0.2, 0.25) is 5.13 Å². The smallest absolute Gasteiger partial charge is 0.321 e. The van der Waals surface area contributed by atoms with Crippen LogP contribution in [0.25, 0.3) is 0 Å². The van der Waals surface area contributed by atoms with Crippen molar-refractivity contribution in [1.82, 2.24) is 25.3 Å². The number of methoxy groups -OCH3 is 1. The van der Waals surface area contributed by atoms with E-state index in [0.717, 1.165) is 22.0 Å². The third kappa shape index (κ3) is 4.99. The van der Waals surface area contributed by atoms with Crippen molar-refractivity contribution in [2.75, 3.05) is 19.0 Å². The predicted octanol–water partition coefficient (Wildman–Crippen LogP) is 2.62. The van der Waals surface area contributed by atoms with E-state index in [1.54, 1.807) is 7.11 Å². The molecule has 0 atom stereocenters. The molecule has 0 bridgehead atoms. The van der Waals surface area contributed by atoms with E-state index in [4.69, 9.17) is 4.74 Å². The van der Waals surface area contributed by atoms with E-state index in [9.17, 15) is 4.79 Å². The fraction of sp³-hybridized carbons (Fsp3) is 0.625. The lowest BCUT2D eigenvalue weighted by Gasteiger charge is -2.12. The molecule has 8 nitrogen and oxygen atoms in total. The summed E-state index contributed by atoms with van der Waals surface area (Å²) in [5.41, 5.74) is 2.86. The summed E-state index contributed by atoms with van der Waals surface area (Å²) < 4.78 is 6.98. The van der Waals surface area contributed by atoms with Crippen LogP contribution in [-0.2, 0) is 23.2 Å². The molecule has 0 aliphatic rings. The molecule has 0 saturated heterocycles. The van der Waals surface area contributed by atoms with Gasteiger partial charge in [-0.25, -0.2) is 4.79 Å². The summed E-state index contributed by atoms with van der Waals surface area (Å²) in [6, 6.07) is -0.306. The number of rotatable bonds is 6. The van der Waals surface area contributed by atoms with Crippen LogP contribution in [0.15, 0.2) is 0 Å². The van der Waals surface area contributed by atoms with E-state index in [2.05, 4.69) is 46.7 Å². The normalized spacial score (nSPS) is 11.6. The topological polar surface area (TPSA) is 94.0 Å². The van der Waals surface area contributed by atoms with Gasteiger partial charge in [-0.3, -0.25) is 10.00 Å². The Morgan fingerprint density at radius 1 is 1.28 bits per heavy atom. The first-order valence-electron chi connectivity index (χ1n) is 8.13. The SMILES string of the molecule is COCCn1nc(C)c(CNC(=O)Nc2nnc(C(C)(C)C)s2)c1C. The zero-order valence-electron chi connectivity index (χ0n) is 15.6. The number of hydrogen-bond acceptors (Lipinski definition) is 6. The van der Waals surface area contributed by atoms with Crippen molar-refractivity contribution in [2.24, 2.45) is 0 Å². The Morgan fingerprint density at radius 3 is 2.60 bits per heavy atom. The molecule has 2 aromatic heterocycles. The fourth-order valence-corrected chi connectivity index (χ4v) is 3.07. The second-order valence-electron chi connectivity index (χ2n) is 6.84. The van der Waals surface area contributed by atoms with Crippen LogP contribution in [0.5, 0.6) is 0 Å². The molecule has 9 heteroatoms. The summed E-state index contributed by atoms with van der Waals surface area (Å²) in [7, 11) is 1.66. The minimum absolute atomic E-state index is 0.0842. The van der Waals surface area contributed by atoms with Gasteiger partial charge >= 0.3 is 6.03 Å². The molecule has 0 aliphatic carbocycles. The molecular formula is C16H26N6O2S. The van der Waals surface area contributed by atoms with E-state index < -0.39 is 0 Å². The van der Waals surface area contributed by atoms with Crippen molar-refractivity contribution >= 4 is 22.5 Å². The highest BCUT2D eigenvalue weighted by atomic mass is 32.1. The maximum atomic E-state index is 12.1. The number of ether oxygens (including phenoxy) is 1. The average Bonchev–Trinajstić information content (AvgIpc) is 3.09. The van der Waals surface area contributed by atoms with Crippen LogP contribution in [0.1, 0.15) is 42.7 Å². The van der Waals surface area contributed by atoms with Gasteiger partial charge in [-0.05, 0) is 13.8 Å². The van der Waals surface area contributed by atoms with E-state index in [0.29, 0.717) is 24.8 Å². The number of nitrogens with one attached hydrogen (secondary N) is 2. The van der Waals surface area contributed by atoms with Crippen LogP contribution in [0, 0.1) is 13.8 Å². The Labute approximate surface area is 152 Å². The predicted molar refractivity (Wildman–Crippen MR) is 98.0 cm³/mol. The largest absolute Gasteiger partial charge is 0.383 e. The summed E-state index contributed by atoms with van der Waals surface area (Å²) in [6.07, 6.45) is 0. The molecular weight excluding hydrogens is 340 g/mol. The molecule has 0 radical (unpaired) electrons.